The molecule has 0 aliphatic carbocycles. The monoisotopic (exact) mass is 308 g/mol. The quantitative estimate of drug-likeness (QED) is 0.684. The van der Waals surface area contributed by atoms with Crippen LogP contribution < -0.4 is 0 Å². The van der Waals surface area contributed by atoms with Gasteiger partial charge in [0.25, 0.3) is 0 Å². The number of carbonyl (C=O) groups is 1. The smallest absolute Gasteiger partial charge is 0.416 e. The summed E-state index contributed by atoms with van der Waals surface area (Å²) in [4.78, 5) is 11.8. The molecule has 7 heteroatoms. The molecule has 0 bridgehead atoms. The van der Waals surface area contributed by atoms with Crippen LogP contribution in [0.4, 0.5) is 17.6 Å². The number of esters is 1. The first-order valence-electron chi connectivity index (χ1n) is 6.23. The summed E-state index contributed by atoms with van der Waals surface area (Å²) in [6.45, 7) is 4.10. The predicted molar refractivity (Wildman–Crippen MR) is 66.8 cm³/mol. The van der Waals surface area contributed by atoms with Gasteiger partial charge in [-0.25, -0.2) is 4.39 Å². The van der Waals surface area contributed by atoms with Gasteiger partial charge in [-0.3, -0.25) is 4.79 Å². The molecule has 0 aliphatic rings. The van der Waals surface area contributed by atoms with Crippen LogP contribution in [-0.4, -0.2) is 17.7 Å². The van der Waals surface area contributed by atoms with Crippen molar-refractivity contribution in [3.05, 3.63) is 35.1 Å². The summed E-state index contributed by atoms with van der Waals surface area (Å²) in [5, 5.41) is 10.2. The maximum Gasteiger partial charge on any atom is 0.416 e. The normalized spacial score (nSPS) is 13.9. The summed E-state index contributed by atoms with van der Waals surface area (Å²) < 4.78 is 56.6. The van der Waals surface area contributed by atoms with Crippen molar-refractivity contribution < 1.29 is 32.2 Å². The predicted octanol–water partition coefficient (Wildman–Crippen LogP) is 3.47. The van der Waals surface area contributed by atoms with E-state index in [1.165, 1.54) is 13.8 Å². The average Bonchev–Trinajstić information content (AvgIpc) is 2.37. The highest BCUT2D eigenvalue weighted by atomic mass is 19.4. The molecule has 0 radical (unpaired) electrons. The second kappa shape index (κ2) is 6.01. The zero-order chi connectivity index (χ0) is 16.4. The van der Waals surface area contributed by atoms with Crippen molar-refractivity contribution in [2.75, 3.05) is 6.61 Å². The van der Waals surface area contributed by atoms with E-state index in [0.29, 0.717) is 6.07 Å². The minimum Gasteiger partial charge on any atom is -0.465 e. The standard InChI is InChI=1S/C14H16F4O3/c1-4-21-12(20)13(2,3)11(19)9-6-5-8(15)7-10(9)14(16,17)18/h5-7,11,19H,4H2,1-3H3. The molecule has 0 heterocycles. The van der Waals surface area contributed by atoms with E-state index in [1.54, 1.807) is 6.92 Å². The van der Waals surface area contributed by atoms with Crippen molar-refractivity contribution >= 4 is 5.97 Å². The number of hydrogen-bond acceptors (Lipinski definition) is 3. The van der Waals surface area contributed by atoms with Crippen LogP contribution in [-0.2, 0) is 15.7 Å². The highest BCUT2D eigenvalue weighted by Gasteiger charge is 2.43. The largest absolute Gasteiger partial charge is 0.465 e. The first-order chi connectivity index (χ1) is 9.51. The zero-order valence-corrected chi connectivity index (χ0v) is 11.8. The third-order valence-electron chi connectivity index (χ3n) is 3.10. The van der Waals surface area contributed by atoms with Crippen LogP contribution in [0, 0.1) is 11.2 Å². The minimum absolute atomic E-state index is 0.0323. The summed E-state index contributed by atoms with van der Waals surface area (Å²) >= 11 is 0. The number of aliphatic hydroxyl groups excluding tert-OH is 1. The van der Waals surface area contributed by atoms with Crippen LogP contribution in [0.3, 0.4) is 0 Å². The van der Waals surface area contributed by atoms with Gasteiger partial charge in [0.2, 0.25) is 0 Å². The summed E-state index contributed by atoms with van der Waals surface area (Å²) in [5.74, 6) is -1.91. The molecule has 0 saturated heterocycles. The van der Waals surface area contributed by atoms with Gasteiger partial charge in [-0.15, -0.1) is 0 Å². The van der Waals surface area contributed by atoms with E-state index < -0.39 is 40.6 Å². The van der Waals surface area contributed by atoms with Crippen LogP contribution in [0.5, 0.6) is 0 Å². The van der Waals surface area contributed by atoms with E-state index in [1.807, 2.05) is 0 Å². The summed E-state index contributed by atoms with van der Waals surface area (Å²) in [6.07, 6.45) is -6.63. The molecule has 118 valence electrons. The molecular weight excluding hydrogens is 292 g/mol. The highest BCUT2D eigenvalue weighted by molar-refractivity contribution is 5.77. The Kier molecular flexibility index (Phi) is 4.99. The van der Waals surface area contributed by atoms with E-state index in [9.17, 15) is 27.5 Å². The van der Waals surface area contributed by atoms with E-state index in [0.717, 1.165) is 12.1 Å². The number of alkyl halides is 3. The average molecular weight is 308 g/mol. The van der Waals surface area contributed by atoms with Gasteiger partial charge in [-0.1, -0.05) is 6.07 Å². The summed E-state index contributed by atoms with van der Waals surface area (Å²) in [6, 6.07) is 1.92. The number of halogens is 4. The lowest BCUT2D eigenvalue weighted by molar-refractivity contribution is -0.162. The zero-order valence-electron chi connectivity index (χ0n) is 11.8. The lowest BCUT2D eigenvalue weighted by atomic mass is 9.81. The van der Waals surface area contributed by atoms with Crippen molar-refractivity contribution in [3.63, 3.8) is 0 Å². The van der Waals surface area contributed by atoms with Crippen molar-refractivity contribution in [3.8, 4) is 0 Å². The summed E-state index contributed by atoms with van der Waals surface area (Å²) in [5.41, 5.74) is -3.48. The van der Waals surface area contributed by atoms with Gasteiger partial charge in [0.05, 0.1) is 23.7 Å². The number of carbonyl (C=O) groups excluding carboxylic acids is 1. The number of ether oxygens (including phenoxy) is 1. The lowest BCUT2D eigenvalue weighted by Gasteiger charge is -2.30. The minimum atomic E-state index is -4.84. The molecule has 0 saturated carbocycles. The molecule has 1 rings (SSSR count). The molecule has 1 atom stereocenters. The molecule has 0 spiro atoms. The fourth-order valence-electron chi connectivity index (χ4n) is 1.83. The van der Waals surface area contributed by atoms with E-state index >= 15 is 0 Å². The van der Waals surface area contributed by atoms with Crippen LogP contribution in [0.15, 0.2) is 18.2 Å². The van der Waals surface area contributed by atoms with Gasteiger partial charge in [0.1, 0.15) is 5.82 Å². The Balaban J connectivity index is 3.30. The van der Waals surface area contributed by atoms with Crippen molar-refractivity contribution in [1.29, 1.82) is 0 Å². The van der Waals surface area contributed by atoms with Crippen molar-refractivity contribution in [2.24, 2.45) is 5.41 Å². The number of rotatable bonds is 4. The maximum absolute atomic E-state index is 13.0. The molecule has 0 amide bonds. The molecule has 1 aromatic carbocycles. The van der Waals surface area contributed by atoms with E-state index in [4.69, 9.17) is 4.74 Å². The van der Waals surface area contributed by atoms with Gasteiger partial charge in [-0.2, -0.15) is 13.2 Å². The molecule has 0 fully saturated rings. The van der Waals surface area contributed by atoms with Gasteiger partial charge in [0.15, 0.2) is 0 Å². The van der Waals surface area contributed by atoms with Gasteiger partial charge in [0, 0.05) is 0 Å². The molecule has 1 unspecified atom stereocenters. The molecule has 0 aromatic heterocycles. The highest BCUT2D eigenvalue weighted by Crippen LogP contribution is 2.41. The first-order valence-corrected chi connectivity index (χ1v) is 6.23. The number of aliphatic hydroxyl groups is 1. The van der Waals surface area contributed by atoms with Gasteiger partial charge < -0.3 is 9.84 Å². The Hall–Kier alpha value is -1.63. The molecule has 3 nitrogen and oxygen atoms in total. The second-order valence-electron chi connectivity index (χ2n) is 5.07. The molecule has 1 aromatic rings. The number of benzene rings is 1. The third-order valence-corrected chi connectivity index (χ3v) is 3.10. The Morgan fingerprint density at radius 1 is 1.33 bits per heavy atom. The van der Waals surface area contributed by atoms with Crippen LogP contribution >= 0.6 is 0 Å². The topological polar surface area (TPSA) is 46.5 Å². The van der Waals surface area contributed by atoms with Crippen molar-refractivity contribution in [2.45, 2.75) is 33.1 Å². The maximum atomic E-state index is 13.0. The number of hydrogen-bond donors (Lipinski definition) is 1. The van der Waals surface area contributed by atoms with Crippen LogP contribution in [0.25, 0.3) is 0 Å². The Morgan fingerprint density at radius 3 is 2.38 bits per heavy atom. The molecular formula is C14H16F4O3. The van der Waals surface area contributed by atoms with Crippen molar-refractivity contribution in [1.82, 2.24) is 0 Å². The molecule has 1 N–H and O–H groups in total. The third kappa shape index (κ3) is 3.72. The Labute approximate surface area is 119 Å². The molecule has 21 heavy (non-hydrogen) atoms. The van der Waals surface area contributed by atoms with Gasteiger partial charge in [-0.05, 0) is 38.5 Å². The fourth-order valence-corrected chi connectivity index (χ4v) is 1.83. The van der Waals surface area contributed by atoms with E-state index in [2.05, 4.69) is 0 Å². The van der Waals surface area contributed by atoms with Gasteiger partial charge >= 0.3 is 12.1 Å². The first kappa shape index (κ1) is 17.4. The second-order valence-corrected chi connectivity index (χ2v) is 5.07. The SMILES string of the molecule is CCOC(=O)C(C)(C)C(O)c1ccc(F)cc1C(F)(F)F. The summed E-state index contributed by atoms with van der Waals surface area (Å²) in [7, 11) is 0. The molecule has 0 aliphatic heterocycles. The Bertz CT molecular complexity index is 523. The lowest BCUT2D eigenvalue weighted by Crippen LogP contribution is -2.34. The van der Waals surface area contributed by atoms with E-state index in [-0.39, 0.29) is 6.61 Å². The fraction of sp³-hybridized carbons (Fsp3) is 0.500. The Morgan fingerprint density at radius 2 is 1.90 bits per heavy atom. The van der Waals surface area contributed by atoms with Crippen LogP contribution in [0.1, 0.15) is 38.0 Å². The van der Waals surface area contributed by atoms with Crippen LogP contribution in [0.2, 0.25) is 0 Å².